The molecule has 1 aliphatic heterocycles. The normalized spacial score (nSPS) is 19.2. The molecule has 2 rings (SSSR count). The summed E-state index contributed by atoms with van der Waals surface area (Å²) in [6.07, 6.45) is 1.38. The number of rotatable bonds is 1. The molecule has 2 N–H and O–H groups in total. The predicted octanol–water partition coefficient (Wildman–Crippen LogP) is -0.0545. The Balaban J connectivity index is 2.27. The first-order chi connectivity index (χ1) is 6.49. The van der Waals surface area contributed by atoms with E-state index in [9.17, 15) is 9.90 Å². The van der Waals surface area contributed by atoms with Gasteiger partial charge < -0.3 is 15.0 Å². The van der Waals surface area contributed by atoms with Crippen LogP contribution in [0.2, 0.25) is 0 Å². The molecular weight excluding hydrogens is 297 g/mol. The Bertz CT molecular complexity index is 407. The van der Waals surface area contributed by atoms with E-state index in [1.807, 2.05) is 27.5 Å². The Hall–Kier alpha value is -0.630. The maximum absolute atomic E-state index is 11.3. The second-order valence-corrected chi connectivity index (χ2v) is 4.80. The lowest BCUT2D eigenvalue weighted by atomic mass is 9.97. The first-order valence-corrected chi connectivity index (χ1v) is 5.28. The van der Waals surface area contributed by atoms with E-state index in [1.165, 1.54) is 6.33 Å². The molecule has 0 radical (unpaired) electrons. The third-order valence-electron chi connectivity index (χ3n) is 2.14. The van der Waals surface area contributed by atoms with Crippen LogP contribution in [0.4, 0.5) is 5.82 Å². The lowest BCUT2D eigenvalue weighted by Crippen LogP contribution is -2.60. The Morgan fingerprint density at radius 2 is 2.36 bits per heavy atom. The van der Waals surface area contributed by atoms with E-state index in [-0.39, 0.29) is 5.56 Å². The van der Waals surface area contributed by atoms with Gasteiger partial charge in [-0.25, -0.2) is 4.98 Å². The molecule has 0 atom stereocenters. The summed E-state index contributed by atoms with van der Waals surface area (Å²) in [4.78, 5) is 19.7. The highest BCUT2D eigenvalue weighted by Gasteiger charge is 2.38. The maximum Gasteiger partial charge on any atom is 0.266 e. The fourth-order valence-electron chi connectivity index (χ4n) is 1.52. The summed E-state index contributed by atoms with van der Waals surface area (Å²) in [5.74, 6) is 0.654. The van der Waals surface area contributed by atoms with Crippen LogP contribution in [0.3, 0.4) is 0 Å². The van der Waals surface area contributed by atoms with Crippen LogP contribution in [-0.2, 0) is 0 Å². The number of hydrogen-bond acceptors (Lipinski definition) is 4. The van der Waals surface area contributed by atoms with Crippen molar-refractivity contribution in [3.05, 3.63) is 20.3 Å². The summed E-state index contributed by atoms with van der Waals surface area (Å²) in [5.41, 5.74) is -0.782. The average Bonchev–Trinajstić information content (AvgIpc) is 2.06. The number of hydrogen-bond donors (Lipinski definition) is 2. The minimum Gasteiger partial charge on any atom is -0.386 e. The SMILES string of the molecule is CC1(O)CN(c2nc[nH]c(=O)c2I)C1. The number of β-amino-alcohol motifs (C(OH)–C–C–N with tert-alkyl or cyclic N) is 1. The Kier molecular flexibility index (Phi) is 2.26. The smallest absolute Gasteiger partial charge is 0.266 e. The van der Waals surface area contributed by atoms with Crippen molar-refractivity contribution < 1.29 is 5.11 Å². The van der Waals surface area contributed by atoms with Gasteiger partial charge in [0, 0.05) is 13.1 Å². The zero-order valence-electron chi connectivity index (χ0n) is 7.62. The van der Waals surface area contributed by atoms with Crippen LogP contribution >= 0.6 is 22.6 Å². The van der Waals surface area contributed by atoms with Gasteiger partial charge in [-0.05, 0) is 29.5 Å². The summed E-state index contributed by atoms with van der Waals surface area (Å²) < 4.78 is 0.570. The minimum atomic E-state index is -0.645. The summed E-state index contributed by atoms with van der Waals surface area (Å²) in [7, 11) is 0. The number of halogens is 1. The van der Waals surface area contributed by atoms with Gasteiger partial charge in [-0.15, -0.1) is 0 Å². The molecule has 0 amide bonds. The fourth-order valence-corrected chi connectivity index (χ4v) is 2.16. The molecular formula is C8H10IN3O2. The van der Waals surface area contributed by atoms with Crippen molar-refractivity contribution in [3.63, 3.8) is 0 Å². The molecule has 0 saturated carbocycles. The summed E-state index contributed by atoms with van der Waals surface area (Å²) in [5, 5.41) is 9.55. The average molecular weight is 307 g/mol. The lowest BCUT2D eigenvalue weighted by Gasteiger charge is -2.45. The van der Waals surface area contributed by atoms with E-state index in [2.05, 4.69) is 9.97 Å². The van der Waals surface area contributed by atoms with Gasteiger partial charge in [0.15, 0.2) is 0 Å². The third kappa shape index (κ3) is 1.63. The van der Waals surface area contributed by atoms with Crippen molar-refractivity contribution in [1.29, 1.82) is 0 Å². The molecule has 1 fully saturated rings. The zero-order chi connectivity index (χ0) is 10.3. The monoisotopic (exact) mass is 307 g/mol. The number of nitrogens with zero attached hydrogens (tertiary/aromatic N) is 2. The number of aliphatic hydroxyl groups is 1. The van der Waals surface area contributed by atoms with E-state index in [4.69, 9.17) is 0 Å². The Morgan fingerprint density at radius 1 is 1.71 bits per heavy atom. The summed E-state index contributed by atoms with van der Waals surface area (Å²) >= 11 is 1.96. The van der Waals surface area contributed by atoms with Gasteiger partial charge in [-0.2, -0.15) is 0 Å². The van der Waals surface area contributed by atoms with E-state index < -0.39 is 5.60 Å². The molecule has 0 bridgehead atoms. The molecule has 5 nitrogen and oxygen atoms in total. The van der Waals surface area contributed by atoms with Gasteiger partial charge in [0.05, 0.1) is 11.9 Å². The van der Waals surface area contributed by atoms with Gasteiger partial charge in [0.2, 0.25) is 0 Å². The topological polar surface area (TPSA) is 69.2 Å². The van der Waals surface area contributed by atoms with Crippen molar-refractivity contribution >= 4 is 28.4 Å². The largest absolute Gasteiger partial charge is 0.386 e. The first kappa shape index (κ1) is 9.91. The molecule has 14 heavy (non-hydrogen) atoms. The number of H-pyrrole nitrogens is 1. The number of anilines is 1. The van der Waals surface area contributed by atoms with Gasteiger partial charge in [-0.3, -0.25) is 4.79 Å². The van der Waals surface area contributed by atoms with Crippen LogP contribution in [0, 0.1) is 3.57 Å². The van der Waals surface area contributed by atoms with Crippen molar-refractivity contribution in [3.8, 4) is 0 Å². The Morgan fingerprint density at radius 3 is 2.93 bits per heavy atom. The second-order valence-electron chi connectivity index (χ2n) is 3.72. The summed E-state index contributed by atoms with van der Waals surface area (Å²) in [6, 6.07) is 0. The van der Waals surface area contributed by atoms with Gasteiger partial charge in [-0.1, -0.05) is 0 Å². The number of nitrogens with one attached hydrogen (secondary N) is 1. The predicted molar refractivity (Wildman–Crippen MR) is 60.4 cm³/mol. The number of aromatic amines is 1. The lowest BCUT2D eigenvalue weighted by molar-refractivity contribution is 0.0304. The highest BCUT2D eigenvalue weighted by atomic mass is 127. The third-order valence-corrected chi connectivity index (χ3v) is 3.11. The molecule has 0 unspecified atom stereocenters. The quantitative estimate of drug-likeness (QED) is 0.714. The van der Waals surface area contributed by atoms with Crippen LogP contribution in [0.1, 0.15) is 6.92 Å². The molecule has 1 aromatic rings. The zero-order valence-corrected chi connectivity index (χ0v) is 9.78. The maximum atomic E-state index is 11.3. The second kappa shape index (κ2) is 3.20. The van der Waals surface area contributed by atoms with Crippen LogP contribution in [0.15, 0.2) is 11.1 Å². The van der Waals surface area contributed by atoms with Gasteiger partial charge >= 0.3 is 0 Å². The van der Waals surface area contributed by atoms with Crippen molar-refractivity contribution in [2.24, 2.45) is 0 Å². The van der Waals surface area contributed by atoms with Crippen molar-refractivity contribution in [1.82, 2.24) is 9.97 Å². The molecule has 1 aromatic heterocycles. The number of aromatic nitrogens is 2. The van der Waals surface area contributed by atoms with Gasteiger partial charge in [0.25, 0.3) is 5.56 Å². The molecule has 1 saturated heterocycles. The van der Waals surface area contributed by atoms with Crippen LogP contribution < -0.4 is 10.5 Å². The van der Waals surface area contributed by atoms with E-state index in [1.54, 1.807) is 6.92 Å². The van der Waals surface area contributed by atoms with Crippen molar-refractivity contribution in [2.75, 3.05) is 18.0 Å². The van der Waals surface area contributed by atoms with Crippen LogP contribution in [0.5, 0.6) is 0 Å². The molecule has 2 heterocycles. The van der Waals surface area contributed by atoms with Crippen molar-refractivity contribution in [2.45, 2.75) is 12.5 Å². The van der Waals surface area contributed by atoms with Crippen LogP contribution in [0.25, 0.3) is 0 Å². The molecule has 0 spiro atoms. The van der Waals surface area contributed by atoms with Gasteiger partial charge in [0.1, 0.15) is 9.39 Å². The van der Waals surface area contributed by atoms with E-state index in [0.717, 1.165) is 0 Å². The standard InChI is InChI=1S/C8H10IN3O2/c1-8(14)2-12(3-8)6-5(9)7(13)11-4-10-6/h4,14H,2-3H2,1H3,(H,10,11,13). The van der Waals surface area contributed by atoms with E-state index in [0.29, 0.717) is 22.5 Å². The highest BCUT2D eigenvalue weighted by molar-refractivity contribution is 14.1. The summed E-state index contributed by atoms with van der Waals surface area (Å²) in [6.45, 7) is 2.82. The fraction of sp³-hybridized carbons (Fsp3) is 0.500. The Labute approximate surface area is 94.3 Å². The van der Waals surface area contributed by atoms with E-state index >= 15 is 0 Å². The molecule has 6 heteroatoms. The highest BCUT2D eigenvalue weighted by Crippen LogP contribution is 2.27. The first-order valence-electron chi connectivity index (χ1n) is 4.20. The minimum absolute atomic E-state index is 0.137. The molecule has 0 aromatic carbocycles. The molecule has 1 aliphatic rings. The van der Waals surface area contributed by atoms with Crippen LogP contribution in [-0.4, -0.2) is 33.8 Å². The molecule has 76 valence electrons. The molecule has 0 aliphatic carbocycles.